The van der Waals surface area contributed by atoms with Crippen molar-refractivity contribution < 1.29 is 17.9 Å². The largest absolute Gasteiger partial charge is 0.496 e. The molecule has 0 fully saturated rings. The van der Waals surface area contributed by atoms with E-state index in [1.165, 1.54) is 24.5 Å². The first-order valence-electron chi connectivity index (χ1n) is 8.85. The van der Waals surface area contributed by atoms with Gasteiger partial charge in [-0.05, 0) is 36.6 Å². The van der Waals surface area contributed by atoms with Crippen molar-refractivity contribution >= 4 is 29.0 Å². The number of anilines is 1. The average molecular weight is 440 g/mol. The van der Waals surface area contributed by atoms with Crippen molar-refractivity contribution in [1.29, 1.82) is 0 Å². The smallest absolute Gasteiger partial charge is 0.461 e. The van der Waals surface area contributed by atoms with Crippen molar-refractivity contribution in [3.8, 4) is 27.6 Å². The van der Waals surface area contributed by atoms with Crippen molar-refractivity contribution in [2.45, 2.75) is 25.8 Å². The van der Waals surface area contributed by atoms with Crippen molar-refractivity contribution in [2.24, 2.45) is 5.92 Å². The maximum Gasteiger partial charge on any atom is 0.461 e. The highest BCUT2D eigenvalue weighted by atomic mass is 32.2. The van der Waals surface area contributed by atoms with E-state index in [0.29, 0.717) is 28.6 Å². The molecule has 0 bridgehead atoms. The first kappa shape index (κ1) is 21.4. The molecule has 1 aromatic carbocycles. The second kappa shape index (κ2) is 9.04. The third-order valence-electron chi connectivity index (χ3n) is 3.95. The second-order valence-corrected chi connectivity index (χ2v) is 8.47. The Hall–Kier alpha value is -2.26. The molecule has 0 atom stereocenters. The van der Waals surface area contributed by atoms with E-state index in [2.05, 4.69) is 23.6 Å². The number of nitrogens with zero attached hydrogens (tertiary/aromatic N) is 2. The van der Waals surface area contributed by atoms with Crippen molar-refractivity contribution in [2.75, 3.05) is 11.8 Å². The minimum atomic E-state index is -4.37. The Morgan fingerprint density at radius 3 is 2.69 bits per heavy atom. The van der Waals surface area contributed by atoms with E-state index in [4.69, 9.17) is 9.72 Å². The normalized spacial score (nSPS) is 11.7. The summed E-state index contributed by atoms with van der Waals surface area (Å²) < 4.78 is 44.8. The van der Waals surface area contributed by atoms with Crippen LogP contribution in [-0.4, -0.2) is 22.6 Å². The highest BCUT2D eigenvalue weighted by molar-refractivity contribution is 8.01. The third kappa shape index (κ3) is 5.86. The zero-order chi connectivity index (χ0) is 21.0. The molecule has 0 unspecified atom stereocenters. The molecule has 154 valence electrons. The number of alkyl halides is 3. The lowest BCUT2D eigenvalue weighted by Gasteiger charge is -2.11. The summed E-state index contributed by atoms with van der Waals surface area (Å²) in [5.41, 5.74) is -0.631. The van der Waals surface area contributed by atoms with Crippen molar-refractivity contribution in [1.82, 2.24) is 9.97 Å². The quantitative estimate of drug-likeness (QED) is 0.417. The number of thiazole rings is 1. The fourth-order valence-electron chi connectivity index (χ4n) is 2.75. The molecule has 0 radical (unpaired) electrons. The predicted octanol–water partition coefficient (Wildman–Crippen LogP) is 6.66. The van der Waals surface area contributed by atoms with Crippen LogP contribution in [0.5, 0.6) is 5.75 Å². The molecule has 0 aliphatic carbocycles. The number of pyridine rings is 1. The first-order valence-corrected chi connectivity index (χ1v) is 10.5. The van der Waals surface area contributed by atoms with Crippen LogP contribution >= 0.6 is 23.3 Å². The molecule has 2 aromatic heterocycles. The van der Waals surface area contributed by atoms with Gasteiger partial charge in [0.25, 0.3) is 0 Å². The van der Waals surface area contributed by atoms with Gasteiger partial charge in [-0.3, -0.25) is 4.98 Å². The standard InChI is InChI=1S/C20H20F3N3OS2/c1-12(2)8-15-9-13(6-7-24-15)19-25-17(11-28-19)16-5-4-14(10-18(16)27-3)26-29-20(21,22)23/h4-7,9-12,26H,8H2,1-3H3. The molecular weight excluding hydrogens is 419 g/mol. The molecule has 29 heavy (non-hydrogen) atoms. The van der Waals surface area contributed by atoms with E-state index in [-0.39, 0.29) is 11.9 Å². The van der Waals surface area contributed by atoms with E-state index in [1.54, 1.807) is 18.3 Å². The van der Waals surface area contributed by atoms with E-state index < -0.39 is 5.51 Å². The number of methoxy groups -OCH3 is 1. The molecule has 2 heterocycles. The van der Waals surface area contributed by atoms with E-state index in [0.717, 1.165) is 22.7 Å². The summed E-state index contributed by atoms with van der Waals surface area (Å²) in [6, 6.07) is 8.77. The summed E-state index contributed by atoms with van der Waals surface area (Å²) >= 11 is 1.19. The van der Waals surface area contributed by atoms with Crippen LogP contribution in [-0.2, 0) is 6.42 Å². The third-order valence-corrected chi connectivity index (χ3v) is 5.41. The summed E-state index contributed by atoms with van der Waals surface area (Å²) in [5.74, 6) is 0.960. The van der Waals surface area contributed by atoms with Gasteiger partial charge in [-0.15, -0.1) is 11.3 Å². The second-order valence-electron chi connectivity index (χ2n) is 6.74. The van der Waals surface area contributed by atoms with Gasteiger partial charge in [-0.2, -0.15) is 13.2 Å². The van der Waals surface area contributed by atoms with Gasteiger partial charge >= 0.3 is 5.51 Å². The molecule has 0 aliphatic rings. The molecule has 0 amide bonds. The summed E-state index contributed by atoms with van der Waals surface area (Å²) in [5, 5.41) is 2.76. The molecular formula is C20H20F3N3OS2. The topological polar surface area (TPSA) is 47.0 Å². The molecule has 0 saturated heterocycles. The van der Waals surface area contributed by atoms with E-state index in [1.807, 2.05) is 17.5 Å². The number of nitrogens with one attached hydrogen (secondary N) is 1. The predicted molar refractivity (Wildman–Crippen MR) is 113 cm³/mol. The van der Waals surface area contributed by atoms with Crippen LogP contribution in [0.3, 0.4) is 0 Å². The fourth-order valence-corrected chi connectivity index (χ4v) is 3.93. The van der Waals surface area contributed by atoms with Gasteiger partial charge in [0.1, 0.15) is 10.8 Å². The van der Waals surface area contributed by atoms with Crippen molar-refractivity contribution in [3.05, 3.63) is 47.6 Å². The lowest BCUT2D eigenvalue weighted by molar-refractivity contribution is -0.0323. The summed E-state index contributed by atoms with van der Waals surface area (Å²) in [6.07, 6.45) is 2.68. The highest BCUT2D eigenvalue weighted by Crippen LogP contribution is 2.37. The Labute approximate surface area is 175 Å². The van der Waals surface area contributed by atoms with Crippen LogP contribution in [0.2, 0.25) is 0 Å². The van der Waals surface area contributed by atoms with Gasteiger partial charge in [0.05, 0.1) is 24.8 Å². The molecule has 9 heteroatoms. The highest BCUT2D eigenvalue weighted by Gasteiger charge is 2.29. The van der Waals surface area contributed by atoms with E-state index in [9.17, 15) is 13.2 Å². The molecule has 3 aromatic rings. The Balaban J connectivity index is 1.84. The van der Waals surface area contributed by atoms with Crippen LogP contribution in [0.4, 0.5) is 18.9 Å². The van der Waals surface area contributed by atoms with E-state index >= 15 is 0 Å². The van der Waals surface area contributed by atoms with Gasteiger partial charge in [-0.25, -0.2) is 4.98 Å². The first-order chi connectivity index (χ1) is 13.7. The van der Waals surface area contributed by atoms with Gasteiger partial charge in [0, 0.05) is 40.2 Å². The Kier molecular flexibility index (Phi) is 6.69. The van der Waals surface area contributed by atoms with Gasteiger partial charge in [-0.1, -0.05) is 13.8 Å². The summed E-state index contributed by atoms with van der Waals surface area (Å²) in [6.45, 7) is 4.29. The Morgan fingerprint density at radius 1 is 1.21 bits per heavy atom. The molecule has 3 rings (SSSR count). The maximum absolute atomic E-state index is 12.4. The minimum Gasteiger partial charge on any atom is -0.496 e. The number of ether oxygens (including phenoxy) is 1. The van der Waals surface area contributed by atoms with Crippen molar-refractivity contribution in [3.63, 3.8) is 0 Å². The molecule has 0 saturated carbocycles. The zero-order valence-corrected chi connectivity index (χ0v) is 17.7. The molecule has 4 nitrogen and oxygen atoms in total. The number of aromatic nitrogens is 2. The maximum atomic E-state index is 12.4. The van der Waals surface area contributed by atoms with Gasteiger partial charge < -0.3 is 9.46 Å². The lowest BCUT2D eigenvalue weighted by atomic mass is 10.1. The van der Waals surface area contributed by atoms with Crippen LogP contribution in [0, 0.1) is 5.92 Å². The summed E-state index contributed by atoms with van der Waals surface area (Å²) in [4.78, 5) is 9.11. The average Bonchev–Trinajstić information content (AvgIpc) is 3.15. The van der Waals surface area contributed by atoms with Crippen LogP contribution < -0.4 is 9.46 Å². The molecule has 0 spiro atoms. The van der Waals surface area contributed by atoms with Crippen LogP contribution in [0.15, 0.2) is 41.9 Å². The number of hydrogen-bond donors (Lipinski definition) is 1. The van der Waals surface area contributed by atoms with Gasteiger partial charge in [0.15, 0.2) is 0 Å². The van der Waals surface area contributed by atoms with Crippen LogP contribution in [0.1, 0.15) is 19.5 Å². The monoisotopic (exact) mass is 439 g/mol. The summed E-state index contributed by atoms with van der Waals surface area (Å²) in [7, 11) is 1.48. The Bertz CT molecular complexity index is 974. The lowest BCUT2D eigenvalue weighted by Crippen LogP contribution is -2.04. The molecule has 0 aliphatic heterocycles. The fraction of sp³-hybridized carbons (Fsp3) is 0.300. The number of benzene rings is 1. The SMILES string of the molecule is COc1cc(NSC(F)(F)F)ccc1-c1csc(-c2ccnc(CC(C)C)c2)n1. The number of hydrogen-bond acceptors (Lipinski definition) is 6. The zero-order valence-electron chi connectivity index (χ0n) is 16.1. The molecule has 1 N–H and O–H groups in total. The van der Waals surface area contributed by atoms with Crippen LogP contribution in [0.25, 0.3) is 21.8 Å². The number of rotatable bonds is 7. The Morgan fingerprint density at radius 2 is 2.00 bits per heavy atom. The number of halogens is 3. The minimum absolute atomic E-state index is 0.302. The van der Waals surface area contributed by atoms with Gasteiger partial charge in [0.2, 0.25) is 0 Å².